The van der Waals surface area contributed by atoms with Gasteiger partial charge >= 0.3 is 12.1 Å². The maximum atomic E-state index is 13.4. The van der Waals surface area contributed by atoms with Gasteiger partial charge < -0.3 is 20.9 Å². The number of nitrogens with one attached hydrogen (secondary N) is 1. The first-order valence-electron chi connectivity index (χ1n) is 8.89. The number of alkyl halides is 3. The smallest absolute Gasteiger partial charge is 0.454 e. The minimum atomic E-state index is -5.27. The lowest BCUT2D eigenvalue weighted by atomic mass is 9.82. The van der Waals surface area contributed by atoms with Gasteiger partial charge in [0.15, 0.2) is 0 Å². The number of benzene rings is 2. The van der Waals surface area contributed by atoms with E-state index in [1.54, 1.807) is 17.4 Å². The van der Waals surface area contributed by atoms with Gasteiger partial charge in [0.1, 0.15) is 11.4 Å². The van der Waals surface area contributed by atoms with Crippen molar-refractivity contribution in [1.82, 2.24) is 5.32 Å². The number of aliphatic hydroxyl groups is 1. The number of hydrogen-bond acceptors (Lipinski definition) is 4. The Hall–Kier alpha value is -2.91. The number of fused-ring (bicyclic) bond motifs is 5. The number of carbonyl (C=O) groups excluding carboxylic acids is 2. The summed E-state index contributed by atoms with van der Waals surface area (Å²) in [5, 5.41) is 13.2. The first kappa shape index (κ1) is 19.4. The van der Waals surface area contributed by atoms with Gasteiger partial charge in [-0.15, -0.1) is 0 Å². The molecular formula is C20H18F3N2O4+. The van der Waals surface area contributed by atoms with Crippen LogP contribution in [0.25, 0.3) is 0 Å². The fourth-order valence-electron chi connectivity index (χ4n) is 4.03. The second-order valence-corrected chi connectivity index (χ2v) is 7.53. The predicted molar refractivity (Wildman–Crippen MR) is 94.3 cm³/mol. The van der Waals surface area contributed by atoms with Gasteiger partial charge in [-0.2, -0.15) is 13.2 Å². The predicted octanol–water partition coefficient (Wildman–Crippen LogP) is 1.99. The second kappa shape index (κ2) is 5.80. The zero-order chi connectivity index (χ0) is 21.4. The van der Waals surface area contributed by atoms with Crippen molar-refractivity contribution in [3.05, 3.63) is 58.7 Å². The van der Waals surface area contributed by atoms with Gasteiger partial charge in [0.05, 0.1) is 5.56 Å². The Morgan fingerprint density at radius 1 is 1.21 bits per heavy atom. The summed E-state index contributed by atoms with van der Waals surface area (Å²) >= 11 is 0. The Bertz CT molecular complexity index is 1070. The van der Waals surface area contributed by atoms with Gasteiger partial charge in [-0.05, 0) is 23.6 Å². The van der Waals surface area contributed by atoms with E-state index < -0.39 is 29.2 Å². The van der Waals surface area contributed by atoms with Gasteiger partial charge in [0.2, 0.25) is 11.3 Å². The molecule has 2 aromatic carbocycles. The number of ether oxygens (including phenoxy) is 1. The fraction of sp³-hybridized carbons (Fsp3) is 0.300. The first-order valence-corrected chi connectivity index (χ1v) is 8.89. The third-order valence-corrected chi connectivity index (χ3v) is 5.48. The van der Waals surface area contributed by atoms with Crippen molar-refractivity contribution >= 4 is 17.4 Å². The standard InChI is InChI=1S/C20H17F3N2O4/c1-9(2)10-6-7-11-14(8-10)29-19(28)12-4-3-5-13(24)15(12)16(26)18(11,19)25-17(27)20(21,22)23/h3-9,28H,24H2,1-2H3,(H,25,27)/p+1. The summed E-state index contributed by atoms with van der Waals surface area (Å²) in [4.78, 5) is 25.3. The number of hydrogen-bond donors (Lipinski definition) is 3. The van der Waals surface area contributed by atoms with E-state index in [9.17, 15) is 27.9 Å². The zero-order valence-corrected chi connectivity index (χ0v) is 15.6. The lowest BCUT2D eigenvalue weighted by molar-refractivity contribution is -0.255. The van der Waals surface area contributed by atoms with Crippen LogP contribution < -0.4 is 15.8 Å². The number of ketones is 1. The molecule has 0 saturated carbocycles. The summed E-state index contributed by atoms with van der Waals surface area (Å²) in [6.07, 6.45) is -5.27. The van der Waals surface area contributed by atoms with E-state index in [2.05, 4.69) is 5.73 Å². The van der Waals surface area contributed by atoms with E-state index in [1.807, 2.05) is 13.8 Å². The van der Waals surface area contributed by atoms with Crippen molar-refractivity contribution < 1.29 is 38.3 Å². The van der Waals surface area contributed by atoms with E-state index in [4.69, 9.17) is 4.74 Å². The number of amides is 1. The van der Waals surface area contributed by atoms with Crippen molar-refractivity contribution in [2.24, 2.45) is 0 Å². The maximum Gasteiger partial charge on any atom is 0.471 e. The normalized spacial score (nSPS) is 24.8. The molecule has 1 aliphatic heterocycles. The summed E-state index contributed by atoms with van der Waals surface area (Å²) in [5.74, 6) is -5.70. The van der Waals surface area contributed by atoms with Gasteiger partial charge in [-0.25, -0.2) is 0 Å². The third-order valence-electron chi connectivity index (χ3n) is 5.48. The van der Waals surface area contributed by atoms with E-state index >= 15 is 0 Å². The summed E-state index contributed by atoms with van der Waals surface area (Å²) in [6.45, 7) is 3.81. The number of quaternary nitrogens is 1. The Morgan fingerprint density at radius 2 is 1.90 bits per heavy atom. The highest BCUT2D eigenvalue weighted by atomic mass is 19.4. The number of Topliss-reactive ketones (excluding diaryl/α,β-unsaturated/α-hetero) is 1. The van der Waals surface area contributed by atoms with Crippen LogP contribution in [0.5, 0.6) is 5.75 Å². The molecule has 5 N–H and O–H groups in total. The van der Waals surface area contributed by atoms with Crippen molar-refractivity contribution in [2.75, 3.05) is 0 Å². The lowest BCUT2D eigenvalue weighted by Crippen LogP contribution is -2.62. The largest absolute Gasteiger partial charge is 0.471 e. The minimum Gasteiger partial charge on any atom is -0.454 e. The highest BCUT2D eigenvalue weighted by Crippen LogP contribution is 2.59. The van der Waals surface area contributed by atoms with Crippen molar-refractivity contribution in [1.29, 1.82) is 0 Å². The number of halogens is 3. The van der Waals surface area contributed by atoms with Crippen LogP contribution in [0.4, 0.5) is 18.9 Å². The number of rotatable bonds is 2. The quantitative estimate of drug-likeness (QED) is 0.708. The summed E-state index contributed by atoms with van der Waals surface area (Å²) < 4.78 is 45.0. The average molecular weight is 407 g/mol. The molecular weight excluding hydrogens is 389 g/mol. The molecule has 2 aromatic rings. The molecule has 0 fully saturated rings. The zero-order valence-electron chi connectivity index (χ0n) is 15.6. The molecule has 9 heteroatoms. The van der Waals surface area contributed by atoms with Crippen LogP contribution in [-0.4, -0.2) is 23.0 Å². The molecule has 152 valence electrons. The van der Waals surface area contributed by atoms with Crippen LogP contribution in [0, 0.1) is 0 Å². The molecule has 1 heterocycles. The van der Waals surface area contributed by atoms with Gasteiger partial charge in [0, 0.05) is 11.1 Å². The SMILES string of the molecule is CC(C)c1ccc2c(c1)OC1(O)c3cccc([NH3+])c3C(=O)C21NC(=O)C(F)(F)F. The van der Waals surface area contributed by atoms with Crippen molar-refractivity contribution in [2.45, 2.75) is 37.3 Å². The highest BCUT2D eigenvalue weighted by molar-refractivity contribution is 6.14. The molecule has 0 aromatic heterocycles. The Kier molecular flexibility index (Phi) is 3.88. The fourth-order valence-corrected chi connectivity index (χ4v) is 4.03. The van der Waals surface area contributed by atoms with Crippen LogP contribution in [0.3, 0.4) is 0 Å². The molecule has 1 aliphatic carbocycles. The van der Waals surface area contributed by atoms with Crippen LogP contribution in [0.1, 0.15) is 46.8 Å². The van der Waals surface area contributed by atoms with E-state index in [0.29, 0.717) is 0 Å². The van der Waals surface area contributed by atoms with E-state index in [1.165, 1.54) is 24.3 Å². The van der Waals surface area contributed by atoms with Gasteiger partial charge in [0.25, 0.3) is 5.79 Å². The highest BCUT2D eigenvalue weighted by Gasteiger charge is 2.73. The summed E-state index contributed by atoms with van der Waals surface area (Å²) in [6, 6.07) is 8.95. The van der Waals surface area contributed by atoms with E-state index in [-0.39, 0.29) is 34.0 Å². The molecule has 4 rings (SSSR count). The first-order chi connectivity index (χ1) is 13.4. The maximum absolute atomic E-state index is 13.4. The monoisotopic (exact) mass is 407 g/mol. The molecule has 2 atom stereocenters. The van der Waals surface area contributed by atoms with Crippen LogP contribution >= 0.6 is 0 Å². The Balaban J connectivity index is 2.00. The molecule has 0 spiro atoms. The molecule has 0 radical (unpaired) electrons. The van der Waals surface area contributed by atoms with Crippen LogP contribution in [-0.2, 0) is 16.1 Å². The van der Waals surface area contributed by atoms with Crippen molar-refractivity contribution in [3.63, 3.8) is 0 Å². The Morgan fingerprint density at radius 3 is 2.52 bits per heavy atom. The van der Waals surface area contributed by atoms with Crippen LogP contribution in [0.15, 0.2) is 36.4 Å². The van der Waals surface area contributed by atoms with Crippen molar-refractivity contribution in [3.8, 4) is 5.75 Å². The summed E-state index contributed by atoms with van der Waals surface area (Å²) in [5.41, 5.74) is 2.11. The Labute approximate surface area is 163 Å². The molecule has 1 amide bonds. The topological polar surface area (TPSA) is 103 Å². The molecule has 29 heavy (non-hydrogen) atoms. The van der Waals surface area contributed by atoms with Crippen LogP contribution in [0.2, 0.25) is 0 Å². The van der Waals surface area contributed by atoms with Gasteiger partial charge in [-0.1, -0.05) is 38.1 Å². The number of carbonyl (C=O) groups is 2. The second-order valence-electron chi connectivity index (χ2n) is 7.53. The summed E-state index contributed by atoms with van der Waals surface area (Å²) in [7, 11) is 0. The molecule has 0 saturated heterocycles. The van der Waals surface area contributed by atoms with E-state index in [0.717, 1.165) is 5.56 Å². The molecule has 2 unspecified atom stereocenters. The third kappa shape index (κ3) is 2.37. The average Bonchev–Trinajstić information content (AvgIpc) is 2.98. The molecule has 6 nitrogen and oxygen atoms in total. The van der Waals surface area contributed by atoms with Gasteiger partial charge in [-0.3, -0.25) is 9.59 Å². The minimum absolute atomic E-state index is 0.0367. The molecule has 2 aliphatic rings. The molecule has 0 bridgehead atoms. The lowest BCUT2D eigenvalue weighted by Gasteiger charge is -2.34.